The highest BCUT2D eigenvalue weighted by Crippen LogP contribution is 2.34. The van der Waals surface area contributed by atoms with Gasteiger partial charge < -0.3 is 10.4 Å². The number of nitrogens with one attached hydrogen (secondary N) is 1. The number of anilines is 1. The van der Waals surface area contributed by atoms with Crippen LogP contribution in [0, 0.1) is 17.1 Å². The van der Waals surface area contributed by atoms with Crippen molar-refractivity contribution in [1.82, 2.24) is 0 Å². The van der Waals surface area contributed by atoms with E-state index in [2.05, 4.69) is 5.32 Å². The summed E-state index contributed by atoms with van der Waals surface area (Å²) in [4.78, 5) is 12.4. The van der Waals surface area contributed by atoms with E-state index in [0.29, 0.717) is 11.6 Å². The molecule has 0 saturated heterocycles. The molecule has 0 spiro atoms. The molecule has 0 aromatic heterocycles. The van der Waals surface area contributed by atoms with Crippen LogP contribution < -0.4 is 5.32 Å². The highest BCUT2D eigenvalue weighted by atomic mass is 19.4. The Morgan fingerprint density at radius 2 is 1.78 bits per heavy atom. The first-order valence-electron chi connectivity index (χ1n) is 7.87. The van der Waals surface area contributed by atoms with Crippen LogP contribution in [0.4, 0.5) is 23.2 Å². The van der Waals surface area contributed by atoms with Crippen molar-refractivity contribution in [2.45, 2.75) is 31.5 Å². The van der Waals surface area contributed by atoms with Crippen LogP contribution in [0.25, 0.3) is 0 Å². The van der Waals surface area contributed by atoms with Gasteiger partial charge in [0.2, 0.25) is 0 Å². The number of alkyl halides is 3. The largest absolute Gasteiger partial charge is 0.417 e. The summed E-state index contributed by atoms with van der Waals surface area (Å²) in [5.74, 6) is -2.18. The molecule has 2 aromatic rings. The van der Waals surface area contributed by atoms with Crippen molar-refractivity contribution in [2.75, 3.05) is 5.32 Å². The highest BCUT2D eigenvalue weighted by Gasteiger charge is 2.38. The Kier molecular flexibility index (Phi) is 5.56. The highest BCUT2D eigenvalue weighted by molar-refractivity contribution is 5.97. The van der Waals surface area contributed by atoms with Crippen molar-refractivity contribution in [3.05, 3.63) is 65.0 Å². The summed E-state index contributed by atoms with van der Waals surface area (Å²) in [5.41, 5.74) is -3.48. The van der Waals surface area contributed by atoms with E-state index in [1.54, 1.807) is 0 Å². The molecular formula is C19H16F4N2O2. The van der Waals surface area contributed by atoms with Crippen molar-refractivity contribution >= 4 is 11.6 Å². The van der Waals surface area contributed by atoms with Gasteiger partial charge in [0.1, 0.15) is 11.4 Å². The Morgan fingerprint density at radius 3 is 2.30 bits per heavy atom. The number of halogens is 4. The third-order valence-corrected chi connectivity index (χ3v) is 4.38. The molecule has 0 radical (unpaired) electrons. The maximum Gasteiger partial charge on any atom is 0.417 e. The second-order valence-electron chi connectivity index (χ2n) is 6.24. The maximum atomic E-state index is 13.0. The third kappa shape index (κ3) is 4.44. The van der Waals surface area contributed by atoms with Gasteiger partial charge in [-0.05, 0) is 42.8 Å². The number of carbonyl (C=O) groups excluding carboxylic acids is 1. The van der Waals surface area contributed by atoms with Crippen LogP contribution in [0.15, 0.2) is 42.5 Å². The van der Waals surface area contributed by atoms with Gasteiger partial charge in [-0.3, -0.25) is 4.79 Å². The summed E-state index contributed by atoms with van der Waals surface area (Å²) in [5, 5.41) is 21.6. The van der Waals surface area contributed by atoms with Gasteiger partial charge in [0.15, 0.2) is 0 Å². The fraction of sp³-hybridized carbons (Fsp3) is 0.263. The van der Waals surface area contributed by atoms with E-state index >= 15 is 0 Å². The maximum absolute atomic E-state index is 13.0. The van der Waals surface area contributed by atoms with Gasteiger partial charge in [0, 0.05) is 11.6 Å². The van der Waals surface area contributed by atoms with Gasteiger partial charge in [-0.25, -0.2) is 4.39 Å². The predicted octanol–water partition coefficient (Wildman–Crippen LogP) is 4.21. The monoisotopic (exact) mass is 380 g/mol. The summed E-state index contributed by atoms with van der Waals surface area (Å²) in [6, 6.07) is 9.33. The van der Waals surface area contributed by atoms with E-state index in [-0.39, 0.29) is 5.69 Å². The number of nitrogens with zero attached hydrogens (tertiary/aromatic N) is 1. The fourth-order valence-electron chi connectivity index (χ4n) is 2.48. The number of aliphatic hydroxyl groups is 1. The Morgan fingerprint density at radius 1 is 1.19 bits per heavy atom. The normalized spacial score (nSPS) is 14.7. The van der Waals surface area contributed by atoms with Gasteiger partial charge in [0.05, 0.1) is 17.2 Å². The Hall–Kier alpha value is -2.92. The summed E-state index contributed by atoms with van der Waals surface area (Å²) in [7, 11) is 0. The van der Waals surface area contributed by atoms with Crippen LogP contribution in [-0.2, 0) is 11.0 Å². The van der Waals surface area contributed by atoms with Crippen LogP contribution in [0.2, 0.25) is 0 Å². The summed E-state index contributed by atoms with van der Waals surface area (Å²) in [6.07, 6.45) is -4.77. The van der Waals surface area contributed by atoms with E-state index in [0.717, 1.165) is 12.1 Å². The summed E-state index contributed by atoms with van der Waals surface area (Å²) >= 11 is 0. The molecule has 0 saturated carbocycles. The van der Waals surface area contributed by atoms with Gasteiger partial charge in [-0.15, -0.1) is 0 Å². The number of amides is 1. The smallest absolute Gasteiger partial charge is 0.380 e. The number of rotatable bonds is 4. The van der Waals surface area contributed by atoms with Crippen molar-refractivity contribution < 1.29 is 27.5 Å². The third-order valence-electron chi connectivity index (χ3n) is 4.38. The van der Waals surface area contributed by atoms with Crippen molar-refractivity contribution in [3.8, 4) is 6.07 Å². The molecule has 2 rings (SSSR count). The molecule has 0 aliphatic rings. The molecule has 0 fully saturated rings. The first-order valence-corrected chi connectivity index (χ1v) is 7.87. The predicted molar refractivity (Wildman–Crippen MR) is 90.2 cm³/mol. The second-order valence-corrected chi connectivity index (χ2v) is 6.24. The number of carbonyl (C=O) groups is 1. The van der Waals surface area contributed by atoms with Gasteiger partial charge in [-0.2, -0.15) is 18.4 Å². The van der Waals surface area contributed by atoms with Gasteiger partial charge in [0.25, 0.3) is 5.91 Å². The molecule has 0 unspecified atom stereocenters. The molecule has 0 bridgehead atoms. The average Bonchev–Trinajstić information content (AvgIpc) is 2.60. The number of hydrogen-bond donors (Lipinski definition) is 2. The van der Waals surface area contributed by atoms with E-state index in [1.165, 1.54) is 44.2 Å². The zero-order valence-corrected chi connectivity index (χ0v) is 14.4. The summed E-state index contributed by atoms with van der Waals surface area (Å²) in [6.45, 7) is 2.75. The molecular weight excluding hydrogens is 364 g/mol. The van der Waals surface area contributed by atoms with Crippen LogP contribution in [-0.4, -0.2) is 16.6 Å². The lowest BCUT2D eigenvalue weighted by molar-refractivity contribution is -0.138. The fourth-order valence-corrected chi connectivity index (χ4v) is 2.48. The molecule has 2 N–H and O–H groups in total. The zero-order chi connectivity index (χ0) is 20.4. The lowest BCUT2D eigenvalue weighted by atomic mass is 9.84. The van der Waals surface area contributed by atoms with Gasteiger partial charge >= 0.3 is 6.18 Å². The van der Waals surface area contributed by atoms with Crippen molar-refractivity contribution in [2.24, 2.45) is 0 Å². The molecule has 0 aliphatic heterocycles. The molecule has 1 amide bonds. The Labute approximate surface area is 153 Å². The molecule has 0 aliphatic carbocycles. The van der Waals surface area contributed by atoms with Crippen LogP contribution >= 0.6 is 0 Å². The molecule has 8 heteroatoms. The van der Waals surface area contributed by atoms with Crippen molar-refractivity contribution in [1.29, 1.82) is 5.26 Å². The lowest BCUT2D eigenvalue weighted by Gasteiger charge is -2.29. The van der Waals surface area contributed by atoms with E-state index in [1.807, 2.05) is 0 Å². The van der Waals surface area contributed by atoms with Crippen LogP contribution in [0.3, 0.4) is 0 Å². The SMILES string of the molecule is C[C@@H](c1ccc(F)cc1)[C@](C)(O)C(=O)Nc1ccc(C#N)c(C(F)(F)F)c1. The number of hydrogen-bond acceptors (Lipinski definition) is 3. The van der Waals surface area contributed by atoms with Crippen LogP contribution in [0.5, 0.6) is 0 Å². The Balaban J connectivity index is 2.27. The minimum atomic E-state index is -4.77. The molecule has 4 nitrogen and oxygen atoms in total. The number of benzene rings is 2. The zero-order valence-electron chi connectivity index (χ0n) is 14.4. The number of nitriles is 1. The standard InChI is InChI=1S/C19H16F4N2O2/c1-11(12-3-6-14(20)7-4-12)18(2,27)17(26)25-15-8-5-13(10-24)16(9-15)19(21,22)23/h3-9,11,27H,1-2H3,(H,25,26)/t11-,18-/m0/s1. The minimum absolute atomic E-state index is 0.210. The molecule has 2 atom stereocenters. The quantitative estimate of drug-likeness (QED) is 0.781. The lowest BCUT2D eigenvalue weighted by Crippen LogP contribution is -2.44. The van der Waals surface area contributed by atoms with Gasteiger partial charge in [-0.1, -0.05) is 19.1 Å². The molecule has 0 heterocycles. The first kappa shape index (κ1) is 20.4. The molecule has 27 heavy (non-hydrogen) atoms. The minimum Gasteiger partial charge on any atom is -0.380 e. The molecule has 2 aromatic carbocycles. The Bertz CT molecular complexity index is 884. The van der Waals surface area contributed by atoms with E-state index in [4.69, 9.17) is 5.26 Å². The van der Waals surface area contributed by atoms with Crippen LogP contribution in [0.1, 0.15) is 36.5 Å². The molecule has 142 valence electrons. The summed E-state index contributed by atoms with van der Waals surface area (Å²) < 4.78 is 52.1. The first-order chi connectivity index (χ1) is 12.5. The topological polar surface area (TPSA) is 73.1 Å². The average molecular weight is 380 g/mol. The van der Waals surface area contributed by atoms with E-state index < -0.39 is 40.5 Å². The second kappa shape index (κ2) is 7.37. The van der Waals surface area contributed by atoms with Crippen molar-refractivity contribution in [3.63, 3.8) is 0 Å². The van der Waals surface area contributed by atoms with E-state index in [9.17, 15) is 27.5 Å².